The first-order valence-corrected chi connectivity index (χ1v) is 22.8. The van der Waals surface area contributed by atoms with Crippen LogP contribution in [0.25, 0.3) is 10.9 Å². The lowest BCUT2D eigenvalue weighted by Crippen LogP contribution is -2.55. The van der Waals surface area contributed by atoms with Gasteiger partial charge in [-0.3, -0.25) is 34.2 Å². The van der Waals surface area contributed by atoms with Crippen LogP contribution in [0, 0.1) is 5.92 Å². The van der Waals surface area contributed by atoms with Crippen molar-refractivity contribution in [2.75, 3.05) is 59.0 Å². The zero-order valence-corrected chi connectivity index (χ0v) is 36.4. The molecule has 12 nitrogen and oxygen atoms in total. The Kier molecular flexibility index (Phi) is 17.0. The Morgan fingerprint density at radius 2 is 1.37 bits per heavy atom. The Balaban J connectivity index is 0.864. The number of benzene rings is 3. The van der Waals surface area contributed by atoms with Crippen LogP contribution >= 0.6 is 0 Å². The van der Waals surface area contributed by atoms with Crippen LogP contribution in [0.4, 0.5) is 0 Å². The first-order chi connectivity index (χ1) is 30.9. The van der Waals surface area contributed by atoms with E-state index in [0.717, 1.165) is 55.0 Å². The van der Waals surface area contributed by atoms with E-state index in [1.807, 2.05) is 59.5 Å². The molecule has 2 aliphatic rings. The Morgan fingerprint density at radius 1 is 0.714 bits per heavy atom. The van der Waals surface area contributed by atoms with Crippen molar-refractivity contribution in [2.24, 2.45) is 5.92 Å². The molecular weight excluding hydrogens is 791 g/mol. The molecule has 7 rings (SSSR count). The van der Waals surface area contributed by atoms with E-state index >= 15 is 0 Å². The Hall–Kier alpha value is -5.69. The van der Waals surface area contributed by atoms with E-state index in [9.17, 15) is 19.5 Å². The van der Waals surface area contributed by atoms with Gasteiger partial charge in [0.2, 0.25) is 17.7 Å². The van der Waals surface area contributed by atoms with Gasteiger partial charge in [0.15, 0.2) is 0 Å². The van der Waals surface area contributed by atoms with Gasteiger partial charge in [0.25, 0.3) is 0 Å². The molecule has 3 amide bonds. The van der Waals surface area contributed by atoms with Gasteiger partial charge in [0.05, 0.1) is 12.1 Å². The molecular formula is C51H63N7O5. The van der Waals surface area contributed by atoms with Crippen LogP contribution in [0.1, 0.15) is 55.2 Å². The third-order valence-corrected chi connectivity index (χ3v) is 12.4. The van der Waals surface area contributed by atoms with Crippen LogP contribution in [0.3, 0.4) is 0 Å². The predicted octanol–water partition coefficient (Wildman–Crippen LogP) is 5.48. The molecule has 63 heavy (non-hydrogen) atoms. The second kappa shape index (κ2) is 23.7. The molecule has 2 aromatic heterocycles. The van der Waals surface area contributed by atoms with Gasteiger partial charge < -0.3 is 25.4 Å². The van der Waals surface area contributed by atoms with Crippen molar-refractivity contribution in [1.82, 2.24) is 35.3 Å². The zero-order valence-electron chi connectivity index (χ0n) is 36.4. The van der Waals surface area contributed by atoms with E-state index in [4.69, 9.17) is 4.74 Å². The van der Waals surface area contributed by atoms with Crippen LogP contribution in [0.15, 0.2) is 122 Å². The van der Waals surface area contributed by atoms with Crippen molar-refractivity contribution < 1.29 is 24.2 Å². The number of ether oxygens (including phenoxy) is 1. The van der Waals surface area contributed by atoms with Crippen LogP contribution < -0.4 is 15.4 Å². The smallest absolute Gasteiger partial charge is 0.245 e. The van der Waals surface area contributed by atoms with Crippen molar-refractivity contribution in [2.45, 2.75) is 76.0 Å². The van der Waals surface area contributed by atoms with E-state index in [-0.39, 0.29) is 42.8 Å². The number of piperazine rings is 1. The zero-order chi connectivity index (χ0) is 43.6. The van der Waals surface area contributed by atoms with Gasteiger partial charge in [0.1, 0.15) is 24.5 Å². The molecule has 0 unspecified atom stereocenters. The van der Waals surface area contributed by atoms with Crippen molar-refractivity contribution in [3.63, 3.8) is 0 Å². The van der Waals surface area contributed by atoms with Gasteiger partial charge in [-0.2, -0.15) is 0 Å². The number of hydrogen-bond acceptors (Lipinski definition) is 9. The Labute approximate surface area is 372 Å². The number of aliphatic hydroxyl groups is 1. The number of likely N-dealkylation sites (tertiary alicyclic amines) is 1. The fourth-order valence-corrected chi connectivity index (χ4v) is 8.85. The number of piperidine rings is 1. The van der Waals surface area contributed by atoms with Gasteiger partial charge in [-0.05, 0) is 98.4 Å². The molecule has 0 aliphatic carbocycles. The number of nitrogens with one attached hydrogen (secondary N) is 2. The maximum Gasteiger partial charge on any atom is 0.245 e. The number of hydrogen-bond donors (Lipinski definition) is 3. The predicted molar refractivity (Wildman–Crippen MR) is 246 cm³/mol. The number of nitrogens with zero attached hydrogens (tertiary/aromatic N) is 5. The van der Waals surface area contributed by atoms with Gasteiger partial charge in [-0.25, -0.2) is 0 Å². The standard InChI is InChI=1S/C51H63N7O5/c59-44(38-63-48-23-9-22-46-45(48)21-11-27-53-46)36-56-30-32-57(33-31-56)37-49(60)55-47(34-41-18-10-26-52-35-41)51(62)58-28-24-42(25-29-58)50(61)54-43(19-7-16-39-12-3-1-4-13-39)20-8-17-40-14-5-2-6-15-40/h1-6,9-15,18,21-23,26-27,35,42-44,47,59H,7-8,16-17,19-20,24-25,28-34,36-38H2,(H,54,61)(H,55,60)/t44-,47+/m1/s1. The molecule has 2 aliphatic heterocycles. The summed E-state index contributed by atoms with van der Waals surface area (Å²) in [4.78, 5) is 56.2. The highest BCUT2D eigenvalue weighted by molar-refractivity contribution is 5.89. The van der Waals surface area contributed by atoms with Gasteiger partial charge in [-0.1, -0.05) is 72.8 Å². The summed E-state index contributed by atoms with van der Waals surface area (Å²) in [6, 6.07) is 33.7. The third-order valence-electron chi connectivity index (χ3n) is 12.4. The average Bonchev–Trinajstić information content (AvgIpc) is 3.32. The number of carbonyl (C=O) groups excluding carboxylic acids is 3. The molecule has 0 bridgehead atoms. The molecule has 0 radical (unpaired) electrons. The lowest BCUT2D eigenvalue weighted by atomic mass is 9.93. The molecule has 2 atom stereocenters. The number of rotatable bonds is 21. The molecule has 0 spiro atoms. The maximum atomic E-state index is 14.1. The van der Waals surface area contributed by atoms with Gasteiger partial charge in [0, 0.05) is 88.2 Å². The number of amides is 3. The number of β-amino-alcohol motifs (C(OH)–C–C–N with tert-alkyl or cyclic N) is 1. The summed E-state index contributed by atoms with van der Waals surface area (Å²) in [6.07, 6.45) is 11.8. The summed E-state index contributed by atoms with van der Waals surface area (Å²) >= 11 is 0. The van der Waals surface area contributed by atoms with E-state index in [2.05, 4.69) is 78.9 Å². The second-order valence-corrected chi connectivity index (χ2v) is 17.1. The van der Waals surface area contributed by atoms with Crippen LogP contribution in [-0.4, -0.2) is 125 Å². The van der Waals surface area contributed by atoms with Crippen LogP contribution in [0.5, 0.6) is 5.75 Å². The minimum Gasteiger partial charge on any atom is -0.490 e. The first-order valence-electron chi connectivity index (χ1n) is 22.8. The summed E-state index contributed by atoms with van der Waals surface area (Å²) in [5, 5.41) is 18.2. The third kappa shape index (κ3) is 14.2. The fraction of sp³-hybridized carbons (Fsp3) is 0.431. The summed E-state index contributed by atoms with van der Waals surface area (Å²) in [6.45, 7) is 4.44. The molecule has 4 heterocycles. The van der Waals surface area contributed by atoms with E-state index in [1.54, 1.807) is 18.6 Å². The molecule has 3 N–H and O–H groups in total. The monoisotopic (exact) mass is 853 g/mol. The highest BCUT2D eigenvalue weighted by atomic mass is 16.5. The van der Waals surface area contributed by atoms with Crippen molar-refractivity contribution in [1.29, 1.82) is 0 Å². The maximum absolute atomic E-state index is 14.1. The topological polar surface area (TPSA) is 140 Å². The summed E-state index contributed by atoms with van der Waals surface area (Å²) in [7, 11) is 0. The summed E-state index contributed by atoms with van der Waals surface area (Å²) in [5.74, 6) is 0.270. The number of aryl methyl sites for hydroxylation is 2. The molecule has 12 heteroatoms. The van der Waals surface area contributed by atoms with E-state index in [1.165, 1.54) is 11.1 Å². The van der Waals surface area contributed by atoms with Crippen molar-refractivity contribution in [3.05, 3.63) is 138 Å². The number of aliphatic hydroxyl groups excluding tert-OH is 1. The molecule has 0 saturated carbocycles. The van der Waals surface area contributed by atoms with E-state index < -0.39 is 12.1 Å². The summed E-state index contributed by atoms with van der Waals surface area (Å²) in [5.41, 5.74) is 4.33. The molecule has 332 valence electrons. The minimum absolute atomic E-state index is 0.0772. The normalized spacial score (nSPS) is 16.1. The van der Waals surface area contributed by atoms with Gasteiger partial charge in [-0.15, -0.1) is 0 Å². The highest BCUT2D eigenvalue weighted by Gasteiger charge is 2.33. The summed E-state index contributed by atoms with van der Waals surface area (Å²) < 4.78 is 5.98. The average molecular weight is 854 g/mol. The minimum atomic E-state index is -0.750. The second-order valence-electron chi connectivity index (χ2n) is 17.1. The largest absolute Gasteiger partial charge is 0.490 e. The number of aromatic nitrogens is 2. The van der Waals surface area contributed by atoms with Crippen LogP contribution in [0.2, 0.25) is 0 Å². The van der Waals surface area contributed by atoms with Crippen LogP contribution in [-0.2, 0) is 33.6 Å². The number of pyridine rings is 2. The van der Waals surface area contributed by atoms with Gasteiger partial charge >= 0.3 is 0 Å². The van der Waals surface area contributed by atoms with Crippen molar-refractivity contribution in [3.8, 4) is 5.75 Å². The molecule has 2 fully saturated rings. The van der Waals surface area contributed by atoms with E-state index in [0.29, 0.717) is 70.8 Å². The SMILES string of the molecule is O=C(CN1CCN(C[C@@H](O)COc2cccc3ncccc23)CC1)N[C@@H](Cc1cccnc1)C(=O)N1CCC(C(=O)NC(CCCc2ccccc2)CCCc2ccccc2)CC1. The molecule has 5 aromatic rings. The lowest BCUT2D eigenvalue weighted by Gasteiger charge is -2.36. The highest BCUT2D eigenvalue weighted by Crippen LogP contribution is 2.24. The molecule has 3 aromatic carbocycles. The first kappa shape index (κ1) is 45.3. The quantitative estimate of drug-likeness (QED) is 0.0876. The lowest BCUT2D eigenvalue weighted by molar-refractivity contribution is -0.139. The molecule has 2 saturated heterocycles. The number of fused-ring (bicyclic) bond motifs is 1. The Morgan fingerprint density at radius 3 is 2.03 bits per heavy atom. The Bertz CT molecular complexity index is 2110. The fourth-order valence-electron chi connectivity index (χ4n) is 8.85. The number of carbonyl (C=O) groups is 3. The van der Waals surface area contributed by atoms with Crippen molar-refractivity contribution >= 4 is 28.6 Å².